The number of para-hydroxylation sites is 2. The first-order chi connectivity index (χ1) is 9.42. The molecule has 0 bridgehead atoms. The Labute approximate surface area is 115 Å². The number of rotatable bonds is 3. The lowest BCUT2D eigenvalue weighted by molar-refractivity contribution is 0.0876. The number of hydrogen-bond donors (Lipinski definition) is 1. The van der Waals surface area contributed by atoms with E-state index in [1.165, 1.54) is 38.5 Å². The molecule has 1 N–H and O–H groups in total. The van der Waals surface area contributed by atoms with Crippen molar-refractivity contribution in [3.63, 3.8) is 0 Å². The van der Waals surface area contributed by atoms with E-state index in [1.54, 1.807) is 0 Å². The van der Waals surface area contributed by atoms with E-state index < -0.39 is 0 Å². The summed E-state index contributed by atoms with van der Waals surface area (Å²) in [4.78, 5) is 0. The van der Waals surface area contributed by atoms with Crippen LogP contribution in [0.25, 0.3) is 0 Å². The van der Waals surface area contributed by atoms with Gasteiger partial charge in [0.2, 0.25) is 0 Å². The molecule has 3 rings (SSSR count). The quantitative estimate of drug-likeness (QED) is 0.848. The van der Waals surface area contributed by atoms with Gasteiger partial charge in [0, 0.05) is 12.6 Å². The SMILES string of the molecule is c1ccc2c(c1)OC[C@H](CNC1CCCCCC1)O2. The van der Waals surface area contributed by atoms with Crippen LogP contribution in [0.15, 0.2) is 24.3 Å². The van der Waals surface area contributed by atoms with E-state index in [0.29, 0.717) is 12.6 Å². The van der Waals surface area contributed by atoms with Crippen molar-refractivity contribution in [2.24, 2.45) is 0 Å². The van der Waals surface area contributed by atoms with Crippen LogP contribution in [-0.4, -0.2) is 25.3 Å². The van der Waals surface area contributed by atoms with Gasteiger partial charge in [-0.3, -0.25) is 0 Å². The fraction of sp³-hybridized carbons (Fsp3) is 0.625. The molecule has 104 valence electrons. The zero-order chi connectivity index (χ0) is 12.9. The predicted octanol–water partition coefficient (Wildman–Crippen LogP) is 3.14. The van der Waals surface area contributed by atoms with Crippen molar-refractivity contribution in [3.05, 3.63) is 24.3 Å². The number of ether oxygens (including phenoxy) is 2. The third-order valence-corrected chi connectivity index (χ3v) is 4.06. The van der Waals surface area contributed by atoms with Gasteiger partial charge in [0.25, 0.3) is 0 Å². The van der Waals surface area contributed by atoms with Crippen LogP contribution in [0.5, 0.6) is 11.5 Å². The lowest BCUT2D eigenvalue weighted by Gasteiger charge is -2.28. The molecule has 0 radical (unpaired) electrons. The van der Waals surface area contributed by atoms with Crippen molar-refractivity contribution in [3.8, 4) is 11.5 Å². The minimum absolute atomic E-state index is 0.137. The molecule has 19 heavy (non-hydrogen) atoms. The van der Waals surface area contributed by atoms with E-state index in [0.717, 1.165) is 18.0 Å². The summed E-state index contributed by atoms with van der Waals surface area (Å²) >= 11 is 0. The van der Waals surface area contributed by atoms with Crippen LogP contribution in [0.1, 0.15) is 38.5 Å². The second kappa shape index (κ2) is 6.29. The summed E-state index contributed by atoms with van der Waals surface area (Å²) in [6.45, 7) is 1.54. The van der Waals surface area contributed by atoms with Gasteiger partial charge in [0.1, 0.15) is 12.7 Å². The highest BCUT2D eigenvalue weighted by Crippen LogP contribution is 2.30. The molecule has 1 aromatic rings. The minimum atomic E-state index is 0.137. The molecular weight excluding hydrogens is 238 g/mol. The lowest BCUT2D eigenvalue weighted by atomic mass is 10.1. The van der Waals surface area contributed by atoms with Gasteiger partial charge in [0.15, 0.2) is 11.5 Å². The van der Waals surface area contributed by atoms with Gasteiger partial charge in [-0.25, -0.2) is 0 Å². The smallest absolute Gasteiger partial charge is 0.161 e. The molecule has 0 spiro atoms. The fourth-order valence-corrected chi connectivity index (χ4v) is 2.95. The van der Waals surface area contributed by atoms with Crippen molar-refractivity contribution in [1.29, 1.82) is 0 Å². The number of benzene rings is 1. The standard InChI is InChI=1S/C16H23NO2/c1-2-4-8-13(7-3-1)17-11-14-12-18-15-9-5-6-10-16(15)19-14/h5-6,9-10,13-14,17H,1-4,7-8,11-12H2/t14-/m0/s1. The fourth-order valence-electron chi connectivity index (χ4n) is 2.95. The zero-order valence-corrected chi connectivity index (χ0v) is 11.4. The minimum Gasteiger partial charge on any atom is -0.486 e. The average Bonchev–Trinajstić information content (AvgIpc) is 2.73. The Bertz CT molecular complexity index is 399. The van der Waals surface area contributed by atoms with E-state index in [1.807, 2.05) is 24.3 Å². The normalized spacial score (nSPS) is 23.9. The Hall–Kier alpha value is -1.22. The molecule has 2 aliphatic rings. The van der Waals surface area contributed by atoms with Crippen molar-refractivity contribution in [1.82, 2.24) is 5.32 Å². The summed E-state index contributed by atoms with van der Waals surface area (Å²) in [7, 11) is 0. The molecule has 3 heteroatoms. The lowest BCUT2D eigenvalue weighted by Crippen LogP contribution is -2.42. The van der Waals surface area contributed by atoms with Crippen molar-refractivity contribution < 1.29 is 9.47 Å². The highest BCUT2D eigenvalue weighted by atomic mass is 16.6. The third-order valence-electron chi connectivity index (χ3n) is 4.06. The monoisotopic (exact) mass is 261 g/mol. The Morgan fingerprint density at radius 3 is 2.53 bits per heavy atom. The van der Waals surface area contributed by atoms with Crippen LogP contribution in [-0.2, 0) is 0 Å². The van der Waals surface area contributed by atoms with E-state index in [4.69, 9.17) is 9.47 Å². The maximum absolute atomic E-state index is 5.97. The molecule has 1 heterocycles. The Morgan fingerprint density at radius 2 is 1.74 bits per heavy atom. The van der Waals surface area contributed by atoms with Crippen LogP contribution >= 0.6 is 0 Å². The third kappa shape index (κ3) is 3.41. The molecule has 1 aliphatic carbocycles. The molecule has 1 aliphatic heterocycles. The summed E-state index contributed by atoms with van der Waals surface area (Å²) in [5.74, 6) is 1.75. The molecule has 1 atom stereocenters. The summed E-state index contributed by atoms with van der Waals surface area (Å²) < 4.78 is 11.7. The molecule has 1 saturated carbocycles. The molecule has 1 fully saturated rings. The Balaban J connectivity index is 1.49. The first-order valence-electron chi connectivity index (χ1n) is 7.54. The van der Waals surface area contributed by atoms with Crippen LogP contribution in [0, 0.1) is 0 Å². The largest absolute Gasteiger partial charge is 0.486 e. The zero-order valence-electron chi connectivity index (χ0n) is 11.4. The van der Waals surface area contributed by atoms with E-state index in [-0.39, 0.29) is 6.10 Å². The van der Waals surface area contributed by atoms with Crippen LogP contribution in [0.2, 0.25) is 0 Å². The second-order valence-electron chi connectivity index (χ2n) is 5.59. The van der Waals surface area contributed by atoms with Gasteiger partial charge in [-0.1, -0.05) is 37.8 Å². The van der Waals surface area contributed by atoms with Crippen molar-refractivity contribution >= 4 is 0 Å². The highest BCUT2D eigenvalue weighted by Gasteiger charge is 2.21. The highest BCUT2D eigenvalue weighted by molar-refractivity contribution is 5.40. The molecule has 0 amide bonds. The molecule has 0 unspecified atom stereocenters. The van der Waals surface area contributed by atoms with Gasteiger partial charge in [0.05, 0.1) is 0 Å². The first kappa shape index (κ1) is 12.8. The van der Waals surface area contributed by atoms with Crippen molar-refractivity contribution in [2.45, 2.75) is 50.7 Å². The Morgan fingerprint density at radius 1 is 1.00 bits per heavy atom. The number of fused-ring (bicyclic) bond motifs is 1. The molecule has 1 aromatic carbocycles. The van der Waals surface area contributed by atoms with Gasteiger partial charge in [-0.15, -0.1) is 0 Å². The first-order valence-corrected chi connectivity index (χ1v) is 7.54. The summed E-state index contributed by atoms with van der Waals surface area (Å²) in [5, 5.41) is 3.66. The predicted molar refractivity (Wildman–Crippen MR) is 75.8 cm³/mol. The number of hydrogen-bond acceptors (Lipinski definition) is 3. The van der Waals surface area contributed by atoms with Gasteiger partial charge < -0.3 is 14.8 Å². The van der Waals surface area contributed by atoms with E-state index in [2.05, 4.69) is 5.32 Å². The molecular formula is C16H23NO2. The second-order valence-corrected chi connectivity index (χ2v) is 5.59. The van der Waals surface area contributed by atoms with Gasteiger partial charge in [-0.05, 0) is 25.0 Å². The van der Waals surface area contributed by atoms with Gasteiger partial charge >= 0.3 is 0 Å². The van der Waals surface area contributed by atoms with Crippen LogP contribution in [0.3, 0.4) is 0 Å². The van der Waals surface area contributed by atoms with E-state index >= 15 is 0 Å². The van der Waals surface area contributed by atoms with Crippen LogP contribution < -0.4 is 14.8 Å². The maximum Gasteiger partial charge on any atom is 0.161 e. The summed E-state index contributed by atoms with van der Waals surface area (Å²) in [6, 6.07) is 8.58. The topological polar surface area (TPSA) is 30.5 Å². The Kier molecular flexibility index (Phi) is 4.23. The van der Waals surface area contributed by atoms with Gasteiger partial charge in [-0.2, -0.15) is 0 Å². The number of nitrogens with one attached hydrogen (secondary N) is 1. The average molecular weight is 261 g/mol. The molecule has 0 aromatic heterocycles. The maximum atomic E-state index is 5.97. The molecule has 3 nitrogen and oxygen atoms in total. The molecule has 0 saturated heterocycles. The van der Waals surface area contributed by atoms with Crippen molar-refractivity contribution in [2.75, 3.05) is 13.2 Å². The summed E-state index contributed by atoms with van der Waals surface area (Å²) in [6.07, 6.45) is 8.28. The van der Waals surface area contributed by atoms with Crippen LogP contribution in [0.4, 0.5) is 0 Å². The summed E-state index contributed by atoms with van der Waals surface area (Å²) in [5.41, 5.74) is 0. The van der Waals surface area contributed by atoms with E-state index in [9.17, 15) is 0 Å².